The molecule has 0 radical (unpaired) electrons. The molecule has 0 aliphatic heterocycles. The molecule has 0 saturated heterocycles. The van der Waals surface area contributed by atoms with E-state index in [9.17, 15) is 0 Å². The second-order valence-electron chi connectivity index (χ2n) is 5.82. The molecule has 1 N–H and O–H groups in total. The van der Waals surface area contributed by atoms with Crippen molar-refractivity contribution >= 4 is 11.8 Å². The van der Waals surface area contributed by atoms with Crippen LogP contribution in [0.15, 0.2) is 0 Å². The number of nitrogens with one attached hydrogen (secondary N) is 1. The van der Waals surface area contributed by atoms with Crippen LogP contribution in [-0.2, 0) is 0 Å². The van der Waals surface area contributed by atoms with E-state index in [2.05, 4.69) is 30.3 Å². The third-order valence-electron chi connectivity index (χ3n) is 4.39. The van der Waals surface area contributed by atoms with Crippen LogP contribution in [0.5, 0.6) is 0 Å². The molecular weight excluding hydrogens is 214 g/mol. The number of thioether (sulfide) groups is 1. The fourth-order valence-corrected chi connectivity index (χ4v) is 4.04. The Morgan fingerprint density at radius 3 is 2.56 bits per heavy atom. The van der Waals surface area contributed by atoms with Crippen LogP contribution in [0.2, 0.25) is 0 Å². The Morgan fingerprint density at radius 1 is 1.19 bits per heavy atom. The Bertz CT molecular complexity index is 203. The molecule has 0 spiro atoms. The van der Waals surface area contributed by atoms with E-state index in [0.29, 0.717) is 0 Å². The lowest BCUT2D eigenvalue weighted by molar-refractivity contribution is 0.247. The zero-order valence-corrected chi connectivity index (χ0v) is 11.7. The van der Waals surface area contributed by atoms with E-state index in [4.69, 9.17) is 0 Å². The largest absolute Gasteiger partial charge is 0.311 e. The van der Waals surface area contributed by atoms with E-state index in [1.807, 2.05) is 0 Å². The molecule has 0 amide bonds. The van der Waals surface area contributed by atoms with Crippen molar-refractivity contribution in [3.05, 3.63) is 0 Å². The topological polar surface area (TPSA) is 12.0 Å². The van der Waals surface area contributed by atoms with Crippen molar-refractivity contribution in [1.29, 1.82) is 0 Å². The van der Waals surface area contributed by atoms with Crippen molar-refractivity contribution in [2.45, 2.75) is 75.6 Å². The first-order valence-corrected chi connectivity index (χ1v) is 8.35. The second-order valence-corrected chi connectivity index (χ2v) is 6.96. The van der Waals surface area contributed by atoms with Crippen molar-refractivity contribution in [3.8, 4) is 0 Å². The fraction of sp³-hybridized carbons (Fsp3) is 1.00. The first-order chi connectivity index (χ1) is 7.78. The summed E-state index contributed by atoms with van der Waals surface area (Å²) in [5, 5.41) is 4.79. The predicted molar refractivity (Wildman–Crippen MR) is 74.1 cm³/mol. The van der Waals surface area contributed by atoms with Crippen LogP contribution < -0.4 is 5.32 Å². The monoisotopic (exact) mass is 241 g/mol. The molecule has 0 aromatic heterocycles. The predicted octanol–water partition coefficient (Wildman–Crippen LogP) is 3.83. The SMILES string of the molecule is CSC1CCCC(NC(C)CC2CCC2)C1. The van der Waals surface area contributed by atoms with Crippen LogP contribution in [-0.4, -0.2) is 23.6 Å². The summed E-state index contributed by atoms with van der Waals surface area (Å²) in [6.07, 6.45) is 13.8. The average Bonchev–Trinajstić information content (AvgIpc) is 2.24. The molecule has 2 aliphatic rings. The van der Waals surface area contributed by atoms with Crippen molar-refractivity contribution < 1.29 is 0 Å². The second kappa shape index (κ2) is 6.30. The minimum atomic E-state index is 0.746. The first kappa shape index (κ1) is 12.8. The zero-order chi connectivity index (χ0) is 11.4. The van der Waals surface area contributed by atoms with Crippen LogP contribution in [0.1, 0.15) is 58.3 Å². The Hall–Kier alpha value is 0.310. The Kier molecular flexibility index (Phi) is 5.02. The van der Waals surface area contributed by atoms with Crippen LogP contribution >= 0.6 is 11.8 Å². The van der Waals surface area contributed by atoms with Gasteiger partial charge in [0.05, 0.1) is 0 Å². The number of rotatable bonds is 5. The quantitative estimate of drug-likeness (QED) is 0.785. The molecule has 2 heteroatoms. The molecule has 2 aliphatic carbocycles. The van der Waals surface area contributed by atoms with Gasteiger partial charge in [-0.3, -0.25) is 0 Å². The minimum Gasteiger partial charge on any atom is -0.311 e. The Labute approximate surface area is 105 Å². The summed E-state index contributed by atoms with van der Waals surface area (Å²) in [6.45, 7) is 2.39. The van der Waals surface area contributed by atoms with E-state index in [0.717, 1.165) is 23.3 Å². The minimum absolute atomic E-state index is 0.746. The Balaban J connectivity index is 1.66. The van der Waals surface area contributed by atoms with Gasteiger partial charge in [-0.1, -0.05) is 25.7 Å². The lowest BCUT2D eigenvalue weighted by atomic mass is 9.81. The summed E-state index contributed by atoms with van der Waals surface area (Å²) >= 11 is 2.07. The van der Waals surface area contributed by atoms with E-state index in [-0.39, 0.29) is 0 Å². The highest BCUT2D eigenvalue weighted by Gasteiger charge is 2.24. The van der Waals surface area contributed by atoms with E-state index in [1.165, 1.54) is 51.4 Å². The lowest BCUT2D eigenvalue weighted by Crippen LogP contribution is -2.41. The fourth-order valence-electron chi connectivity index (χ4n) is 3.21. The van der Waals surface area contributed by atoms with Gasteiger partial charge in [0, 0.05) is 17.3 Å². The van der Waals surface area contributed by atoms with Crippen LogP contribution in [0.3, 0.4) is 0 Å². The smallest absolute Gasteiger partial charge is 0.00800 e. The van der Waals surface area contributed by atoms with E-state index < -0.39 is 0 Å². The molecule has 1 nitrogen and oxygen atoms in total. The van der Waals surface area contributed by atoms with Crippen molar-refractivity contribution in [2.24, 2.45) is 5.92 Å². The third-order valence-corrected chi connectivity index (χ3v) is 5.49. The van der Waals surface area contributed by atoms with Gasteiger partial charge >= 0.3 is 0 Å². The first-order valence-electron chi connectivity index (χ1n) is 7.06. The normalized spacial score (nSPS) is 33.4. The summed E-state index contributed by atoms with van der Waals surface area (Å²) in [5.74, 6) is 1.04. The summed E-state index contributed by atoms with van der Waals surface area (Å²) in [6, 6.07) is 1.55. The maximum Gasteiger partial charge on any atom is 0.00800 e. The zero-order valence-electron chi connectivity index (χ0n) is 10.9. The summed E-state index contributed by atoms with van der Waals surface area (Å²) < 4.78 is 0. The van der Waals surface area contributed by atoms with Crippen LogP contribution in [0.25, 0.3) is 0 Å². The maximum atomic E-state index is 3.87. The molecule has 0 aromatic carbocycles. The van der Waals surface area contributed by atoms with Gasteiger partial charge in [0.1, 0.15) is 0 Å². The van der Waals surface area contributed by atoms with Gasteiger partial charge in [-0.25, -0.2) is 0 Å². The van der Waals surface area contributed by atoms with Gasteiger partial charge in [0.25, 0.3) is 0 Å². The van der Waals surface area contributed by atoms with Crippen LogP contribution in [0, 0.1) is 5.92 Å². The molecule has 3 atom stereocenters. The van der Waals surface area contributed by atoms with Gasteiger partial charge in [-0.2, -0.15) is 11.8 Å². The van der Waals surface area contributed by atoms with Gasteiger partial charge in [-0.05, 0) is 44.8 Å². The van der Waals surface area contributed by atoms with Gasteiger partial charge in [0.2, 0.25) is 0 Å². The third kappa shape index (κ3) is 3.66. The van der Waals surface area contributed by atoms with Crippen molar-refractivity contribution in [2.75, 3.05) is 6.26 Å². The molecule has 94 valence electrons. The highest BCUT2D eigenvalue weighted by atomic mass is 32.2. The van der Waals surface area contributed by atoms with E-state index >= 15 is 0 Å². The molecule has 0 bridgehead atoms. The molecule has 0 aromatic rings. The van der Waals surface area contributed by atoms with Crippen LogP contribution in [0.4, 0.5) is 0 Å². The average molecular weight is 241 g/mol. The molecular formula is C14H27NS. The Morgan fingerprint density at radius 2 is 1.94 bits per heavy atom. The maximum absolute atomic E-state index is 3.87. The molecule has 2 saturated carbocycles. The number of hydrogen-bond donors (Lipinski definition) is 1. The molecule has 0 heterocycles. The summed E-state index contributed by atoms with van der Waals surface area (Å²) in [4.78, 5) is 0. The summed E-state index contributed by atoms with van der Waals surface area (Å²) in [5.41, 5.74) is 0. The molecule has 2 rings (SSSR count). The molecule has 16 heavy (non-hydrogen) atoms. The number of hydrogen-bond acceptors (Lipinski definition) is 2. The molecule has 2 fully saturated rings. The van der Waals surface area contributed by atoms with Crippen molar-refractivity contribution in [3.63, 3.8) is 0 Å². The molecule has 3 unspecified atom stereocenters. The van der Waals surface area contributed by atoms with Crippen molar-refractivity contribution in [1.82, 2.24) is 5.32 Å². The van der Waals surface area contributed by atoms with Gasteiger partial charge < -0.3 is 5.32 Å². The summed E-state index contributed by atoms with van der Waals surface area (Å²) in [7, 11) is 0. The van der Waals surface area contributed by atoms with Gasteiger partial charge in [-0.15, -0.1) is 0 Å². The van der Waals surface area contributed by atoms with Gasteiger partial charge in [0.15, 0.2) is 0 Å². The highest BCUT2D eigenvalue weighted by molar-refractivity contribution is 7.99. The highest BCUT2D eigenvalue weighted by Crippen LogP contribution is 2.31. The van der Waals surface area contributed by atoms with E-state index in [1.54, 1.807) is 0 Å². The standard InChI is InChI=1S/C14H27NS/c1-11(9-12-5-3-6-12)15-13-7-4-8-14(10-13)16-2/h11-15H,3-10H2,1-2H3. The lowest BCUT2D eigenvalue weighted by Gasteiger charge is -2.34.